The zero-order valence-corrected chi connectivity index (χ0v) is 15.4. The van der Waals surface area contributed by atoms with Gasteiger partial charge in [-0.2, -0.15) is 9.50 Å². The van der Waals surface area contributed by atoms with Crippen LogP contribution in [0.15, 0.2) is 24.3 Å². The second-order valence-electron chi connectivity index (χ2n) is 6.77. The number of nitrogens with two attached hydrogens (primary N) is 1. The van der Waals surface area contributed by atoms with E-state index in [9.17, 15) is 4.79 Å². The van der Waals surface area contributed by atoms with Crippen LogP contribution in [0.5, 0.6) is 5.75 Å². The molecular formula is C19H22N6O2. The number of nitrogens with zero attached hydrogens (tertiary/aromatic N) is 4. The van der Waals surface area contributed by atoms with E-state index in [-0.39, 0.29) is 24.3 Å². The maximum Gasteiger partial charge on any atom is 0.254 e. The van der Waals surface area contributed by atoms with E-state index in [1.165, 1.54) is 0 Å². The number of rotatable bonds is 3. The summed E-state index contributed by atoms with van der Waals surface area (Å²) in [7, 11) is 0. The van der Waals surface area contributed by atoms with Crippen molar-refractivity contribution in [3.8, 4) is 5.75 Å². The fourth-order valence-electron chi connectivity index (χ4n) is 3.56. The Morgan fingerprint density at radius 3 is 3.00 bits per heavy atom. The van der Waals surface area contributed by atoms with Gasteiger partial charge in [0.05, 0.1) is 19.1 Å². The van der Waals surface area contributed by atoms with E-state index in [4.69, 9.17) is 10.5 Å². The molecule has 3 aromatic rings. The first-order chi connectivity index (χ1) is 13.0. The van der Waals surface area contributed by atoms with Gasteiger partial charge >= 0.3 is 0 Å². The third-order valence-electron chi connectivity index (χ3n) is 4.93. The summed E-state index contributed by atoms with van der Waals surface area (Å²) in [5, 5.41) is 7.31. The van der Waals surface area contributed by atoms with Gasteiger partial charge in [-0.15, -0.1) is 5.10 Å². The first-order valence-electron chi connectivity index (χ1n) is 9.02. The highest BCUT2D eigenvalue weighted by molar-refractivity contribution is 5.79. The third kappa shape index (κ3) is 3.30. The highest BCUT2D eigenvalue weighted by atomic mass is 16.5. The molecule has 8 nitrogen and oxygen atoms in total. The van der Waals surface area contributed by atoms with Crippen LogP contribution in [0.2, 0.25) is 0 Å². The number of carbonyl (C=O) groups excluding carboxylic acids is 1. The minimum atomic E-state index is -0.0597. The lowest BCUT2D eigenvalue weighted by atomic mass is 10.0. The normalized spacial score (nSPS) is 16.4. The molecule has 0 bridgehead atoms. The van der Waals surface area contributed by atoms with Crippen molar-refractivity contribution in [2.24, 2.45) is 0 Å². The van der Waals surface area contributed by atoms with Crippen LogP contribution in [0.25, 0.3) is 5.78 Å². The zero-order chi connectivity index (χ0) is 19.0. The first kappa shape index (κ1) is 17.3. The van der Waals surface area contributed by atoms with E-state index in [0.29, 0.717) is 12.4 Å². The number of nitrogens with one attached hydrogen (secondary N) is 1. The molecule has 140 valence electrons. The van der Waals surface area contributed by atoms with Crippen LogP contribution in [0.3, 0.4) is 0 Å². The first-order valence-corrected chi connectivity index (χ1v) is 9.02. The Hall–Kier alpha value is -3.16. The van der Waals surface area contributed by atoms with Gasteiger partial charge in [0.2, 0.25) is 11.9 Å². The number of aromatic nitrogens is 4. The topological polar surface area (TPSA) is 107 Å². The monoisotopic (exact) mass is 366 g/mol. The standard InChI is InChI=1S/C19H22N6O2/c1-11-14(12(2)25-19(21-11)23-18(20)24-25)10-17(26)22-15-7-5-9-27-16-8-4-3-6-13(15)16/h3-4,6,8,15H,5,7,9-10H2,1-2H3,(H2,20,24)(H,22,26)/t15-/m1/s1. The van der Waals surface area contributed by atoms with E-state index >= 15 is 0 Å². The number of ether oxygens (including phenoxy) is 1. The van der Waals surface area contributed by atoms with Gasteiger partial charge in [-0.3, -0.25) is 4.79 Å². The van der Waals surface area contributed by atoms with Crippen LogP contribution in [-0.2, 0) is 11.2 Å². The molecule has 1 aliphatic heterocycles. The largest absolute Gasteiger partial charge is 0.493 e. The smallest absolute Gasteiger partial charge is 0.254 e. The lowest BCUT2D eigenvalue weighted by molar-refractivity contribution is -0.121. The highest BCUT2D eigenvalue weighted by Crippen LogP contribution is 2.31. The van der Waals surface area contributed by atoms with Gasteiger partial charge < -0.3 is 15.8 Å². The number of hydrogen-bond donors (Lipinski definition) is 2. The number of hydrogen-bond acceptors (Lipinski definition) is 6. The number of anilines is 1. The molecule has 3 N–H and O–H groups in total. The molecule has 1 aliphatic rings. The fourth-order valence-corrected chi connectivity index (χ4v) is 3.56. The Balaban J connectivity index is 1.57. The van der Waals surface area contributed by atoms with E-state index < -0.39 is 0 Å². The molecule has 1 amide bonds. The Bertz CT molecular complexity index is 1010. The average molecular weight is 366 g/mol. The van der Waals surface area contributed by atoms with Crippen LogP contribution in [-0.4, -0.2) is 32.1 Å². The molecule has 0 radical (unpaired) electrons. The number of amides is 1. The predicted octanol–water partition coefficient (Wildman–Crippen LogP) is 1.90. The van der Waals surface area contributed by atoms with Crippen LogP contribution in [0, 0.1) is 13.8 Å². The van der Waals surface area contributed by atoms with E-state index in [0.717, 1.165) is 41.1 Å². The quantitative estimate of drug-likeness (QED) is 0.733. The Morgan fingerprint density at radius 1 is 1.33 bits per heavy atom. The minimum Gasteiger partial charge on any atom is -0.493 e. The lowest BCUT2D eigenvalue weighted by Gasteiger charge is -2.19. The molecule has 27 heavy (non-hydrogen) atoms. The summed E-state index contributed by atoms with van der Waals surface area (Å²) in [5.74, 6) is 1.40. The number of carbonyl (C=O) groups is 1. The van der Waals surface area contributed by atoms with Crippen LogP contribution in [0.1, 0.15) is 41.4 Å². The Labute approximate surface area is 156 Å². The van der Waals surface area contributed by atoms with Crippen molar-refractivity contribution in [2.75, 3.05) is 12.3 Å². The number of aryl methyl sites for hydroxylation is 2. The number of para-hydroxylation sites is 1. The zero-order valence-electron chi connectivity index (χ0n) is 15.4. The van der Waals surface area contributed by atoms with Gasteiger partial charge in [0.15, 0.2) is 0 Å². The molecule has 0 aliphatic carbocycles. The van der Waals surface area contributed by atoms with Crippen LogP contribution < -0.4 is 15.8 Å². The summed E-state index contributed by atoms with van der Waals surface area (Å²) in [6, 6.07) is 7.80. The summed E-state index contributed by atoms with van der Waals surface area (Å²) in [6.07, 6.45) is 1.96. The van der Waals surface area contributed by atoms with Crippen molar-refractivity contribution in [3.63, 3.8) is 0 Å². The van der Waals surface area contributed by atoms with Crippen molar-refractivity contribution in [3.05, 3.63) is 46.8 Å². The Kier molecular flexibility index (Phi) is 4.39. The van der Waals surface area contributed by atoms with Crippen molar-refractivity contribution >= 4 is 17.6 Å². The van der Waals surface area contributed by atoms with Gasteiger partial charge in [0.25, 0.3) is 5.78 Å². The molecule has 0 spiro atoms. The average Bonchev–Trinajstić information content (AvgIpc) is 2.89. The van der Waals surface area contributed by atoms with Gasteiger partial charge in [0.1, 0.15) is 5.75 Å². The molecule has 1 aromatic carbocycles. The number of nitrogen functional groups attached to an aromatic ring is 1. The van der Waals surface area contributed by atoms with Crippen molar-refractivity contribution < 1.29 is 9.53 Å². The maximum atomic E-state index is 12.8. The Morgan fingerprint density at radius 2 is 2.15 bits per heavy atom. The summed E-state index contributed by atoms with van der Waals surface area (Å²) in [5.41, 5.74) is 9.11. The van der Waals surface area contributed by atoms with Crippen molar-refractivity contribution in [2.45, 2.75) is 39.2 Å². The van der Waals surface area contributed by atoms with Gasteiger partial charge in [-0.1, -0.05) is 18.2 Å². The second kappa shape index (κ2) is 6.86. The molecule has 0 fully saturated rings. The lowest BCUT2D eigenvalue weighted by Crippen LogP contribution is -2.30. The molecule has 0 saturated carbocycles. The summed E-state index contributed by atoms with van der Waals surface area (Å²) >= 11 is 0. The fraction of sp³-hybridized carbons (Fsp3) is 0.368. The van der Waals surface area contributed by atoms with E-state index in [2.05, 4.69) is 20.4 Å². The maximum absolute atomic E-state index is 12.8. The molecule has 0 unspecified atom stereocenters. The number of fused-ring (bicyclic) bond motifs is 2. The molecule has 2 aromatic heterocycles. The molecule has 1 atom stereocenters. The van der Waals surface area contributed by atoms with E-state index in [1.54, 1.807) is 4.52 Å². The van der Waals surface area contributed by atoms with Gasteiger partial charge in [-0.05, 0) is 32.8 Å². The number of benzene rings is 1. The second-order valence-corrected chi connectivity index (χ2v) is 6.77. The SMILES string of the molecule is Cc1nc2nc(N)nn2c(C)c1CC(=O)N[C@@H]1CCCOc2ccccc21. The highest BCUT2D eigenvalue weighted by Gasteiger charge is 2.22. The van der Waals surface area contributed by atoms with Gasteiger partial charge in [-0.25, -0.2) is 4.98 Å². The molecule has 0 saturated heterocycles. The van der Waals surface area contributed by atoms with E-state index in [1.807, 2.05) is 38.1 Å². The summed E-state index contributed by atoms with van der Waals surface area (Å²) in [6.45, 7) is 4.43. The summed E-state index contributed by atoms with van der Waals surface area (Å²) < 4.78 is 7.36. The molecular weight excluding hydrogens is 344 g/mol. The molecule has 4 rings (SSSR count). The van der Waals surface area contributed by atoms with Crippen molar-refractivity contribution in [1.82, 2.24) is 24.9 Å². The minimum absolute atomic E-state index is 0.0582. The summed E-state index contributed by atoms with van der Waals surface area (Å²) in [4.78, 5) is 21.3. The van der Waals surface area contributed by atoms with Gasteiger partial charge in [0, 0.05) is 22.5 Å². The predicted molar refractivity (Wildman–Crippen MR) is 100 cm³/mol. The molecule has 8 heteroatoms. The van der Waals surface area contributed by atoms with Crippen LogP contribution in [0.4, 0.5) is 5.95 Å². The van der Waals surface area contributed by atoms with Crippen molar-refractivity contribution in [1.29, 1.82) is 0 Å². The van der Waals surface area contributed by atoms with Crippen LogP contribution >= 0.6 is 0 Å². The molecule has 3 heterocycles. The third-order valence-corrected chi connectivity index (χ3v) is 4.93.